The summed E-state index contributed by atoms with van der Waals surface area (Å²) in [5, 5.41) is 3.60. The second-order valence-electron chi connectivity index (χ2n) is 5.52. The Hall–Kier alpha value is -0.870. The van der Waals surface area contributed by atoms with Crippen LogP contribution in [0.25, 0.3) is 0 Å². The van der Waals surface area contributed by atoms with Crippen molar-refractivity contribution in [3.8, 4) is 11.5 Å². The van der Waals surface area contributed by atoms with Gasteiger partial charge in [0, 0.05) is 23.1 Å². The van der Waals surface area contributed by atoms with Gasteiger partial charge in [-0.25, -0.2) is 0 Å². The number of fused-ring (bicyclic) bond motifs is 1. The van der Waals surface area contributed by atoms with Gasteiger partial charge in [0.05, 0.1) is 13.2 Å². The summed E-state index contributed by atoms with van der Waals surface area (Å²) >= 11 is 1.89. The van der Waals surface area contributed by atoms with Crippen LogP contribution in [0.5, 0.6) is 11.5 Å². The minimum Gasteiger partial charge on any atom is -0.490 e. The predicted octanol–water partition coefficient (Wildman–Crippen LogP) is 3.96. The molecule has 0 bridgehead atoms. The quantitative estimate of drug-likeness (QED) is 0.772. The Bertz CT molecular complexity index is 439. The minimum absolute atomic E-state index is 0.556. The summed E-state index contributed by atoms with van der Waals surface area (Å²) < 4.78 is 11.4. The number of rotatable bonds is 7. The second-order valence-corrected chi connectivity index (χ2v) is 6.61. The van der Waals surface area contributed by atoms with E-state index in [2.05, 4.69) is 38.2 Å². The van der Waals surface area contributed by atoms with Gasteiger partial charge in [-0.2, -0.15) is 0 Å². The van der Waals surface area contributed by atoms with Gasteiger partial charge in [0.1, 0.15) is 0 Å². The number of thioether (sulfide) groups is 1. The van der Waals surface area contributed by atoms with Crippen molar-refractivity contribution in [2.75, 3.05) is 25.5 Å². The Balaban J connectivity index is 1.97. The molecular formula is C17H27NO2S. The predicted molar refractivity (Wildman–Crippen MR) is 89.7 cm³/mol. The number of hydrogen-bond donors (Lipinski definition) is 1. The molecule has 21 heavy (non-hydrogen) atoms. The molecule has 2 atom stereocenters. The van der Waals surface area contributed by atoms with Crippen molar-refractivity contribution in [1.29, 1.82) is 0 Å². The highest BCUT2D eigenvalue weighted by Crippen LogP contribution is 2.34. The van der Waals surface area contributed by atoms with Gasteiger partial charge in [-0.15, -0.1) is 11.8 Å². The average Bonchev–Trinajstić information content (AvgIpc) is 2.75. The van der Waals surface area contributed by atoms with Crippen LogP contribution in [0.4, 0.5) is 0 Å². The average molecular weight is 309 g/mol. The zero-order valence-corrected chi connectivity index (χ0v) is 14.2. The molecule has 0 amide bonds. The first-order chi connectivity index (χ1) is 10.2. The van der Waals surface area contributed by atoms with Crippen LogP contribution in [-0.2, 0) is 0 Å². The third-order valence-electron chi connectivity index (χ3n) is 3.95. The fourth-order valence-electron chi connectivity index (χ4n) is 2.39. The molecule has 1 heterocycles. The summed E-state index contributed by atoms with van der Waals surface area (Å²) in [4.78, 5) is 1.26. The van der Waals surface area contributed by atoms with Gasteiger partial charge in [0.25, 0.3) is 0 Å². The van der Waals surface area contributed by atoms with Crippen LogP contribution in [0.15, 0.2) is 23.1 Å². The maximum atomic E-state index is 5.76. The van der Waals surface area contributed by atoms with Crippen LogP contribution in [0.1, 0.15) is 33.6 Å². The number of benzene rings is 1. The third-order valence-corrected chi connectivity index (χ3v) is 5.06. The summed E-state index contributed by atoms with van der Waals surface area (Å²) in [6.07, 6.45) is 2.16. The molecule has 4 heteroatoms. The molecule has 1 N–H and O–H groups in total. The molecule has 1 aliphatic rings. The van der Waals surface area contributed by atoms with Crippen molar-refractivity contribution in [1.82, 2.24) is 5.32 Å². The molecule has 0 saturated heterocycles. The minimum atomic E-state index is 0.556. The van der Waals surface area contributed by atoms with Gasteiger partial charge in [-0.05, 0) is 30.7 Å². The SMILES string of the molecule is CCNC(CSc1ccc2c(c1)OCCCO2)C(C)CC. The number of hydrogen-bond acceptors (Lipinski definition) is 4. The second kappa shape index (κ2) is 8.54. The maximum Gasteiger partial charge on any atom is 0.162 e. The van der Waals surface area contributed by atoms with Gasteiger partial charge >= 0.3 is 0 Å². The lowest BCUT2D eigenvalue weighted by Crippen LogP contribution is -2.36. The Morgan fingerprint density at radius 1 is 1.19 bits per heavy atom. The van der Waals surface area contributed by atoms with E-state index >= 15 is 0 Å². The molecule has 1 aromatic rings. The van der Waals surface area contributed by atoms with E-state index in [0.717, 1.165) is 43.4 Å². The molecule has 0 radical (unpaired) electrons. The van der Waals surface area contributed by atoms with Gasteiger partial charge in [-0.3, -0.25) is 0 Å². The van der Waals surface area contributed by atoms with Crippen molar-refractivity contribution in [2.24, 2.45) is 5.92 Å². The lowest BCUT2D eigenvalue weighted by Gasteiger charge is -2.23. The topological polar surface area (TPSA) is 30.5 Å². The highest BCUT2D eigenvalue weighted by Gasteiger charge is 2.16. The van der Waals surface area contributed by atoms with Crippen LogP contribution < -0.4 is 14.8 Å². The van der Waals surface area contributed by atoms with Crippen LogP contribution in [0, 0.1) is 5.92 Å². The molecular weight excluding hydrogens is 282 g/mol. The summed E-state index contributed by atoms with van der Waals surface area (Å²) in [6, 6.07) is 6.85. The summed E-state index contributed by atoms with van der Waals surface area (Å²) in [6.45, 7) is 9.27. The maximum absolute atomic E-state index is 5.76. The molecule has 0 aliphatic carbocycles. The van der Waals surface area contributed by atoms with Gasteiger partial charge in [0.2, 0.25) is 0 Å². The van der Waals surface area contributed by atoms with Gasteiger partial charge in [0.15, 0.2) is 11.5 Å². The van der Waals surface area contributed by atoms with Crippen LogP contribution in [0.3, 0.4) is 0 Å². The summed E-state index contributed by atoms with van der Waals surface area (Å²) in [7, 11) is 0. The lowest BCUT2D eigenvalue weighted by molar-refractivity contribution is 0.297. The van der Waals surface area contributed by atoms with E-state index in [-0.39, 0.29) is 0 Å². The normalized spacial score (nSPS) is 17.1. The zero-order valence-electron chi connectivity index (χ0n) is 13.4. The molecule has 3 nitrogen and oxygen atoms in total. The molecule has 0 fully saturated rings. The van der Waals surface area contributed by atoms with Crippen LogP contribution >= 0.6 is 11.8 Å². The highest BCUT2D eigenvalue weighted by molar-refractivity contribution is 7.99. The molecule has 1 aromatic carbocycles. The van der Waals surface area contributed by atoms with Gasteiger partial charge < -0.3 is 14.8 Å². The number of ether oxygens (including phenoxy) is 2. The summed E-state index contributed by atoms with van der Waals surface area (Å²) in [5.74, 6) is 3.54. The molecule has 2 rings (SSSR count). The third kappa shape index (κ3) is 4.82. The highest BCUT2D eigenvalue weighted by atomic mass is 32.2. The fraction of sp³-hybridized carbons (Fsp3) is 0.647. The smallest absolute Gasteiger partial charge is 0.162 e. The van der Waals surface area contributed by atoms with Crippen molar-refractivity contribution < 1.29 is 9.47 Å². The Morgan fingerprint density at radius 2 is 1.95 bits per heavy atom. The molecule has 1 aliphatic heterocycles. The Morgan fingerprint density at radius 3 is 2.67 bits per heavy atom. The van der Waals surface area contributed by atoms with E-state index in [4.69, 9.17) is 9.47 Å². The first kappa shape index (κ1) is 16.5. The lowest BCUT2D eigenvalue weighted by atomic mass is 10.0. The van der Waals surface area contributed by atoms with Crippen LogP contribution in [0.2, 0.25) is 0 Å². The van der Waals surface area contributed by atoms with E-state index in [1.54, 1.807) is 0 Å². The van der Waals surface area contributed by atoms with Crippen LogP contribution in [-0.4, -0.2) is 31.6 Å². The molecule has 0 aromatic heterocycles. The van der Waals surface area contributed by atoms with E-state index in [0.29, 0.717) is 12.0 Å². The Kier molecular flexibility index (Phi) is 6.71. The van der Waals surface area contributed by atoms with E-state index in [1.165, 1.54) is 11.3 Å². The summed E-state index contributed by atoms with van der Waals surface area (Å²) in [5.41, 5.74) is 0. The monoisotopic (exact) mass is 309 g/mol. The molecule has 118 valence electrons. The first-order valence-electron chi connectivity index (χ1n) is 8.00. The zero-order chi connectivity index (χ0) is 15.1. The largest absolute Gasteiger partial charge is 0.490 e. The standard InChI is InChI=1S/C17H27NO2S/c1-4-13(3)15(18-5-2)12-21-14-7-8-16-17(11-14)20-10-6-9-19-16/h7-8,11,13,15,18H,4-6,9-10,12H2,1-3H3. The molecule has 2 unspecified atom stereocenters. The molecule has 0 spiro atoms. The fourth-order valence-corrected chi connectivity index (χ4v) is 3.56. The van der Waals surface area contributed by atoms with Crippen molar-refractivity contribution >= 4 is 11.8 Å². The number of nitrogens with one attached hydrogen (secondary N) is 1. The van der Waals surface area contributed by atoms with E-state index in [9.17, 15) is 0 Å². The first-order valence-corrected chi connectivity index (χ1v) is 8.99. The molecule has 0 saturated carbocycles. The van der Waals surface area contributed by atoms with Crippen molar-refractivity contribution in [3.63, 3.8) is 0 Å². The van der Waals surface area contributed by atoms with Crippen molar-refractivity contribution in [2.45, 2.75) is 44.6 Å². The van der Waals surface area contributed by atoms with Gasteiger partial charge in [-0.1, -0.05) is 27.2 Å². The van der Waals surface area contributed by atoms with E-state index in [1.807, 2.05) is 17.8 Å². The van der Waals surface area contributed by atoms with Crippen molar-refractivity contribution in [3.05, 3.63) is 18.2 Å². The van der Waals surface area contributed by atoms with E-state index < -0.39 is 0 Å². The Labute approximate surface area is 132 Å².